The lowest BCUT2D eigenvalue weighted by molar-refractivity contribution is 0.409. The van der Waals surface area contributed by atoms with Crippen LogP contribution in [0.4, 0.5) is 14.5 Å². The lowest BCUT2D eigenvalue weighted by Gasteiger charge is -2.20. The van der Waals surface area contributed by atoms with E-state index in [-0.39, 0.29) is 5.56 Å². The van der Waals surface area contributed by atoms with Crippen LogP contribution in [0.2, 0.25) is 0 Å². The molecule has 0 fully saturated rings. The molecule has 0 bridgehead atoms. The highest BCUT2D eigenvalue weighted by Crippen LogP contribution is 2.32. The van der Waals surface area contributed by atoms with Crippen LogP contribution in [0.25, 0.3) is 0 Å². The molecule has 2 rings (SSSR count). The van der Waals surface area contributed by atoms with Crippen molar-refractivity contribution in [3.05, 3.63) is 58.7 Å². The minimum absolute atomic E-state index is 0.0384. The summed E-state index contributed by atoms with van der Waals surface area (Å²) in [5.74, 6) is -0.320. The highest BCUT2D eigenvalue weighted by molar-refractivity contribution is 5.60. The normalized spacial score (nSPS) is 12.1. The average Bonchev–Trinajstić information content (AvgIpc) is 2.42. The Balaban J connectivity index is 2.34. The number of hydrogen-bond donors (Lipinski definition) is 1. The topological polar surface area (TPSA) is 21.3 Å². The zero-order valence-corrected chi connectivity index (χ0v) is 12.6. The monoisotopic (exact) mass is 291 g/mol. The fraction of sp³-hybridized carbons (Fsp3) is 0.294. The summed E-state index contributed by atoms with van der Waals surface area (Å²) in [4.78, 5) is 0. The van der Waals surface area contributed by atoms with Crippen molar-refractivity contribution in [2.45, 2.75) is 26.8 Å². The Hall–Kier alpha value is -2.10. The summed E-state index contributed by atoms with van der Waals surface area (Å²) in [5.41, 5.74) is 2.77. The summed E-state index contributed by atoms with van der Waals surface area (Å²) < 4.78 is 33.0. The van der Waals surface area contributed by atoms with Gasteiger partial charge in [0, 0.05) is 16.8 Å². The summed E-state index contributed by atoms with van der Waals surface area (Å²) in [5, 5.41) is 3.15. The van der Waals surface area contributed by atoms with Crippen LogP contribution < -0.4 is 10.1 Å². The summed E-state index contributed by atoms with van der Waals surface area (Å²) in [6, 6.07) is 7.21. The predicted molar refractivity (Wildman–Crippen MR) is 80.9 cm³/mol. The second-order valence-corrected chi connectivity index (χ2v) is 5.09. The number of nitrogens with one attached hydrogen (secondary N) is 1. The third-order valence-corrected chi connectivity index (χ3v) is 3.61. The second kappa shape index (κ2) is 6.12. The van der Waals surface area contributed by atoms with E-state index in [4.69, 9.17) is 4.74 Å². The molecule has 2 nitrogen and oxygen atoms in total. The predicted octanol–water partition coefficient (Wildman–Crippen LogP) is 4.76. The van der Waals surface area contributed by atoms with E-state index in [0.717, 1.165) is 22.6 Å². The van der Waals surface area contributed by atoms with Crippen molar-refractivity contribution in [1.82, 2.24) is 0 Å². The molecule has 21 heavy (non-hydrogen) atoms. The molecule has 0 aliphatic rings. The minimum Gasteiger partial charge on any atom is -0.496 e. The summed E-state index contributed by atoms with van der Waals surface area (Å²) in [6.07, 6.45) is 0. The van der Waals surface area contributed by atoms with Crippen molar-refractivity contribution in [2.75, 3.05) is 12.4 Å². The number of rotatable bonds is 4. The van der Waals surface area contributed by atoms with Gasteiger partial charge in [0.25, 0.3) is 0 Å². The highest BCUT2D eigenvalue weighted by atomic mass is 19.1. The van der Waals surface area contributed by atoms with E-state index in [2.05, 4.69) is 5.32 Å². The van der Waals surface area contributed by atoms with Crippen molar-refractivity contribution >= 4 is 5.69 Å². The minimum atomic E-state index is -0.549. The smallest absolute Gasteiger partial charge is 0.131 e. The first-order valence-corrected chi connectivity index (χ1v) is 6.80. The van der Waals surface area contributed by atoms with Gasteiger partial charge in [0.1, 0.15) is 17.4 Å². The average molecular weight is 291 g/mol. The van der Waals surface area contributed by atoms with Crippen LogP contribution in [-0.4, -0.2) is 7.11 Å². The molecule has 0 spiro atoms. The molecule has 112 valence electrons. The molecule has 1 N–H and O–H groups in total. The van der Waals surface area contributed by atoms with Crippen LogP contribution in [0.3, 0.4) is 0 Å². The van der Waals surface area contributed by atoms with E-state index in [0.29, 0.717) is 0 Å². The number of methoxy groups -OCH3 is 1. The van der Waals surface area contributed by atoms with Gasteiger partial charge < -0.3 is 10.1 Å². The van der Waals surface area contributed by atoms with Crippen LogP contribution in [0.1, 0.15) is 29.7 Å². The Morgan fingerprint density at radius 2 is 1.67 bits per heavy atom. The maximum Gasteiger partial charge on any atom is 0.131 e. The zero-order chi connectivity index (χ0) is 15.6. The van der Waals surface area contributed by atoms with Crippen molar-refractivity contribution < 1.29 is 13.5 Å². The van der Waals surface area contributed by atoms with Gasteiger partial charge in [0.05, 0.1) is 13.2 Å². The molecule has 0 saturated heterocycles. The molecule has 0 radical (unpaired) electrons. The summed E-state index contributed by atoms with van der Waals surface area (Å²) in [7, 11) is 1.61. The van der Waals surface area contributed by atoms with E-state index in [1.54, 1.807) is 14.0 Å². The SMILES string of the molecule is COc1c(C)ccc(NC(C)c2c(F)cccc2F)c1C. The lowest BCUT2D eigenvalue weighted by Crippen LogP contribution is -2.12. The van der Waals surface area contributed by atoms with Gasteiger partial charge in [-0.25, -0.2) is 8.78 Å². The third-order valence-electron chi connectivity index (χ3n) is 3.61. The van der Waals surface area contributed by atoms with Crippen molar-refractivity contribution in [1.29, 1.82) is 0 Å². The Labute approximate surface area is 123 Å². The Kier molecular flexibility index (Phi) is 4.46. The first kappa shape index (κ1) is 15.3. The fourth-order valence-electron chi connectivity index (χ4n) is 2.53. The van der Waals surface area contributed by atoms with Crippen molar-refractivity contribution in [3.8, 4) is 5.75 Å². The Morgan fingerprint density at radius 1 is 1.05 bits per heavy atom. The van der Waals surface area contributed by atoms with Gasteiger partial charge in [-0.15, -0.1) is 0 Å². The summed E-state index contributed by atoms with van der Waals surface area (Å²) >= 11 is 0. The largest absolute Gasteiger partial charge is 0.496 e. The van der Waals surface area contributed by atoms with Crippen LogP contribution in [0.5, 0.6) is 5.75 Å². The Bertz CT molecular complexity index is 635. The molecule has 4 heteroatoms. The molecular formula is C17H19F2NO. The van der Waals surface area contributed by atoms with Crippen molar-refractivity contribution in [3.63, 3.8) is 0 Å². The highest BCUT2D eigenvalue weighted by Gasteiger charge is 2.17. The van der Waals surface area contributed by atoms with Gasteiger partial charge in [0.15, 0.2) is 0 Å². The number of hydrogen-bond acceptors (Lipinski definition) is 2. The van der Waals surface area contributed by atoms with E-state index >= 15 is 0 Å². The lowest BCUT2D eigenvalue weighted by atomic mass is 10.0. The molecule has 0 saturated carbocycles. The fourth-order valence-corrected chi connectivity index (χ4v) is 2.53. The number of halogens is 2. The van der Waals surface area contributed by atoms with Gasteiger partial charge in [-0.3, -0.25) is 0 Å². The molecular weight excluding hydrogens is 272 g/mol. The first-order valence-electron chi connectivity index (χ1n) is 6.80. The number of ether oxygens (including phenoxy) is 1. The molecule has 0 amide bonds. The number of benzene rings is 2. The van der Waals surface area contributed by atoms with Crippen LogP contribution in [-0.2, 0) is 0 Å². The van der Waals surface area contributed by atoms with E-state index in [9.17, 15) is 8.78 Å². The molecule has 2 aromatic carbocycles. The standard InChI is InChI=1S/C17H19F2NO/c1-10-8-9-15(11(2)17(10)21-4)20-12(3)16-13(18)6-5-7-14(16)19/h5-9,12,20H,1-4H3. The maximum atomic E-state index is 13.8. The molecule has 0 heterocycles. The van der Waals surface area contributed by atoms with Crippen LogP contribution >= 0.6 is 0 Å². The zero-order valence-electron chi connectivity index (χ0n) is 12.6. The number of aryl methyl sites for hydroxylation is 1. The third kappa shape index (κ3) is 2.99. The molecule has 0 aliphatic heterocycles. The van der Waals surface area contributed by atoms with Gasteiger partial charge in [-0.2, -0.15) is 0 Å². The van der Waals surface area contributed by atoms with Gasteiger partial charge in [-0.05, 0) is 44.5 Å². The molecule has 1 unspecified atom stereocenters. The maximum absolute atomic E-state index is 13.8. The van der Waals surface area contributed by atoms with E-state index in [1.165, 1.54) is 18.2 Å². The summed E-state index contributed by atoms with van der Waals surface area (Å²) in [6.45, 7) is 5.60. The quantitative estimate of drug-likeness (QED) is 0.876. The van der Waals surface area contributed by atoms with Crippen molar-refractivity contribution in [2.24, 2.45) is 0 Å². The van der Waals surface area contributed by atoms with E-state index < -0.39 is 17.7 Å². The molecule has 1 atom stereocenters. The Morgan fingerprint density at radius 3 is 2.24 bits per heavy atom. The number of anilines is 1. The second-order valence-electron chi connectivity index (χ2n) is 5.09. The first-order chi connectivity index (χ1) is 9.95. The van der Waals surface area contributed by atoms with Gasteiger partial charge >= 0.3 is 0 Å². The van der Waals surface area contributed by atoms with E-state index in [1.807, 2.05) is 26.0 Å². The van der Waals surface area contributed by atoms with Gasteiger partial charge in [0.2, 0.25) is 0 Å². The van der Waals surface area contributed by atoms with Crippen LogP contribution in [0.15, 0.2) is 30.3 Å². The molecule has 0 aromatic heterocycles. The molecule has 0 aliphatic carbocycles. The molecule has 2 aromatic rings. The van der Waals surface area contributed by atoms with Crippen LogP contribution in [0, 0.1) is 25.5 Å². The van der Waals surface area contributed by atoms with Gasteiger partial charge in [-0.1, -0.05) is 12.1 Å².